The first-order valence-corrected chi connectivity index (χ1v) is 9.67. The van der Waals surface area contributed by atoms with E-state index in [1.54, 1.807) is 11.3 Å². The van der Waals surface area contributed by atoms with E-state index in [0.717, 1.165) is 37.6 Å². The number of nitrogens with zero attached hydrogens (tertiary/aromatic N) is 3. The molecule has 1 aromatic carbocycles. The molecule has 5 heteroatoms. The molecule has 2 aliphatic rings. The van der Waals surface area contributed by atoms with Crippen LogP contribution in [0.5, 0.6) is 0 Å². The minimum atomic E-state index is -0.304. The summed E-state index contributed by atoms with van der Waals surface area (Å²) in [4.78, 5) is 22.1. The second kappa shape index (κ2) is 6.73. The van der Waals surface area contributed by atoms with E-state index in [9.17, 15) is 4.79 Å². The highest BCUT2D eigenvalue weighted by Crippen LogP contribution is 2.50. The number of rotatable bonds is 5. The standard InChI is InChI=1S/C20H23N3OS/c1-2-10-23-11-8-20(19(23)24)15-22(14-18-21-9-12-25-18)13-17(20)16-6-4-3-5-7-16/h2-7,9,12,17H,1,8,10-11,13-15H2/t17-,20+/m0/s1. The van der Waals surface area contributed by atoms with Gasteiger partial charge in [0.05, 0.1) is 12.0 Å². The molecule has 0 aliphatic carbocycles. The summed E-state index contributed by atoms with van der Waals surface area (Å²) in [6, 6.07) is 10.5. The number of hydrogen-bond acceptors (Lipinski definition) is 4. The Hall–Kier alpha value is -1.98. The van der Waals surface area contributed by atoms with Gasteiger partial charge < -0.3 is 4.90 Å². The Morgan fingerprint density at radius 1 is 1.36 bits per heavy atom. The molecule has 0 unspecified atom stereocenters. The van der Waals surface area contributed by atoms with Gasteiger partial charge in [0.15, 0.2) is 0 Å². The number of carbonyl (C=O) groups excluding carboxylic acids is 1. The zero-order valence-electron chi connectivity index (χ0n) is 14.3. The maximum absolute atomic E-state index is 13.3. The highest BCUT2D eigenvalue weighted by molar-refractivity contribution is 7.09. The van der Waals surface area contributed by atoms with Crippen LogP contribution in [0, 0.1) is 5.41 Å². The van der Waals surface area contributed by atoms with Gasteiger partial charge in [0.25, 0.3) is 0 Å². The van der Waals surface area contributed by atoms with E-state index in [1.807, 2.05) is 28.6 Å². The van der Waals surface area contributed by atoms with E-state index in [4.69, 9.17) is 0 Å². The zero-order valence-corrected chi connectivity index (χ0v) is 15.1. The van der Waals surface area contributed by atoms with E-state index >= 15 is 0 Å². The number of hydrogen-bond donors (Lipinski definition) is 0. The Morgan fingerprint density at radius 3 is 2.92 bits per heavy atom. The average Bonchev–Trinajstić information content (AvgIpc) is 3.34. The molecule has 2 aliphatic heterocycles. The minimum Gasteiger partial charge on any atom is -0.338 e. The Kier molecular flexibility index (Phi) is 4.44. The largest absolute Gasteiger partial charge is 0.338 e. The maximum Gasteiger partial charge on any atom is 0.231 e. The first-order valence-electron chi connectivity index (χ1n) is 8.79. The quantitative estimate of drug-likeness (QED) is 0.775. The Labute approximate surface area is 152 Å². The summed E-state index contributed by atoms with van der Waals surface area (Å²) in [6.45, 7) is 7.85. The molecular formula is C20H23N3OS. The third kappa shape index (κ3) is 2.92. The fourth-order valence-corrected chi connectivity index (χ4v) is 5.07. The Balaban J connectivity index is 1.64. The van der Waals surface area contributed by atoms with Crippen molar-refractivity contribution in [3.05, 3.63) is 65.1 Å². The molecule has 2 atom stereocenters. The number of likely N-dealkylation sites (tertiary alicyclic amines) is 2. The lowest BCUT2D eigenvalue weighted by Crippen LogP contribution is -2.39. The lowest BCUT2D eigenvalue weighted by molar-refractivity contribution is -0.135. The van der Waals surface area contributed by atoms with E-state index in [0.29, 0.717) is 12.5 Å². The fourth-order valence-electron chi connectivity index (χ4n) is 4.42. The van der Waals surface area contributed by atoms with Crippen molar-refractivity contribution in [2.75, 3.05) is 26.2 Å². The summed E-state index contributed by atoms with van der Waals surface area (Å²) in [6.07, 6.45) is 4.61. The summed E-state index contributed by atoms with van der Waals surface area (Å²) in [7, 11) is 0. The molecule has 4 rings (SSSR count). The molecule has 2 saturated heterocycles. The molecule has 0 bridgehead atoms. The summed E-state index contributed by atoms with van der Waals surface area (Å²) < 4.78 is 0. The van der Waals surface area contributed by atoms with Gasteiger partial charge >= 0.3 is 0 Å². The van der Waals surface area contributed by atoms with Crippen LogP contribution in [0.2, 0.25) is 0 Å². The van der Waals surface area contributed by atoms with Crippen molar-refractivity contribution in [1.29, 1.82) is 0 Å². The van der Waals surface area contributed by atoms with Crippen LogP contribution >= 0.6 is 11.3 Å². The lowest BCUT2D eigenvalue weighted by Gasteiger charge is -2.29. The molecule has 130 valence electrons. The van der Waals surface area contributed by atoms with Crippen LogP contribution in [0.15, 0.2) is 54.6 Å². The molecule has 2 aromatic rings. The van der Waals surface area contributed by atoms with Gasteiger partial charge in [0, 0.05) is 43.7 Å². The van der Waals surface area contributed by atoms with Gasteiger partial charge in [-0.3, -0.25) is 9.69 Å². The Morgan fingerprint density at radius 2 is 2.20 bits per heavy atom. The molecule has 0 radical (unpaired) electrons. The third-order valence-corrected chi connectivity index (χ3v) is 6.31. The van der Waals surface area contributed by atoms with Crippen LogP contribution < -0.4 is 0 Å². The minimum absolute atomic E-state index is 0.246. The molecule has 4 nitrogen and oxygen atoms in total. The van der Waals surface area contributed by atoms with Crippen LogP contribution in [0.25, 0.3) is 0 Å². The SMILES string of the molecule is C=CCN1CC[C@]2(CN(Cc3nccs3)C[C@H]2c2ccccc2)C1=O. The molecule has 0 N–H and O–H groups in total. The van der Waals surface area contributed by atoms with Crippen LogP contribution in [-0.4, -0.2) is 46.9 Å². The van der Waals surface area contributed by atoms with Gasteiger partial charge in [-0.15, -0.1) is 17.9 Å². The molecular weight excluding hydrogens is 330 g/mol. The second-order valence-corrected chi connectivity index (χ2v) is 7.98. The van der Waals surface area contributed by atoms with Crippen molar-refractivity contribution in [3.8, 4) is 0 Å². The van der Waals surface area contributed by atoms with Crippen molar-refractivity contribution >= 4 is 17.2 Å². The van der Waals surface area contributed by atoms with Gasteiger partial charge in [-0.25, -0.2) is 4.98 Å². The maximum atomic E-state index is 13.3. The number of thiazole rings is 1. The van der Waals surface area contributed by atoms with Crippen molar-refractivity contribution in [1.82, 2.24) is 14.8 Å². The van der Waals surface area contributed by atoms with Gasteiger partial charge in [-0.1, -0.05) is 36.4 Å². The van der Waals surface area contributed by atoms with Crippen molar-refractivity contribution in [2.24, 2.45) is 5.41 Å². The van der Waals surface area contributed by atoms with Crippen LogP contribution in [0.3, 0.4) is 0 Å². The molecule has 2 fully saturated rings. The summed E-state index contributed by atoms with van der Waals surface area (Å²) >= 11 is 1.69. The Bertz CT molecular complexity index is 746. The van der Waals surface area contributed by atoms with Crippen molar-refractivity contribution in [2.45, 2.75) is 18.9 Å². The van der Waals surface area contributed by atoms with Gasteiger partial charge in [0.1, 0.15) is 5.01 Å². The average molecular weight is 353 g/mol. The highest BCUT2D eigenvalue weighted by atomic mass is 32.1. The van der Waals surface area contributed by atoms with E-state index in [-0.39, 0.29) is 11.3 Å². The third-order valence-electron chi connectivity index (χ3n) is 5.55. The number of amides is 1. The van der Waals surface area contributed by atoms with Crippen LogP contribution in [0.4, 0.5) is 0 Å². The molecule has 1 amide bonds. The second-order valence-electron chi connectivity index (χ2n) is 7.00. The smallest absolute Gasteiger partial charge is 0.231 e. The fraction of sp³-hybridized carbons (Fsp3) is 0.400. The predicted octanol–water partition coefficient (Wildman–Crippen LogP) is 3.15. The predicted molar refractivity (Wildman–Crippen MR) is 100 cm³/mol. The van der Waals surface area contributed by atoms with E-state index in [1.165, 1.54) is 5.56 Å². The molecule has 25 heavy (non-hydrogen) atoms. The first-order chi connectivity index (χ1) is 12.2. The van der Waals surface area contributed by atoms with Gasteiger partial charge in [0.2, 0.25) is 5.91 Å². The lowest BCUT2D eigenvalue weighted by atomic mass is 9.73. The number of carbonyl (C=O) groups is 1. The van der Waals surface area contributed by atoms with Gasteiger partial charge in [-0.2, -0.15) is 0 Å². The van der Waals surface area contributed by atoms with Crippen LogP contribution in [0.1, 0.15) is 22.9 Å². The zero-order chi connectivity index (χ0) is 17.3. The topological polar surface area (TPSA) is 36.4 Å². The van der Waals surface area contributed by atoms with Gasteiger partial charge in [-0.05, 0) is 12.0 Å². The summed E-state index contributed by atoms with van der Waals surface area (Å²) in [5, 5.41) is 3.14. The van der Waals surface area contributed by atoms with Crippen molar-refractivity contribution < 1.29 is 4.79 Å². The number of benzene rings is 1. The molecule has 1 spiro atoms. The highest BCUT2D eigenvalue weighted by Gasteiger charge is 2.56. The summed E-state index contributed by atoms with van der Waals surface area (Å²) in [5.41, 5.74) is 0.972. The van der Waals surface area contributed by atoms with E-state index < -0.39 is 0 Å². The molecule has 1 aromatic heterocycles. The number of aromatic nitrogens is 1. The molecule has 3 heterocycles. The normalized spacial score (nSPS) is 26.6. The molecule has 0 saturated carbocycles. The monoisotopic (exact) mass is 353 g/mol. The van der Waals surface area contributed by atoms with Crippen molar-refractivity contribution in [3.63, 3.8) is 0 Å². The first kappa shape index (κ1) is 16.5. The summed E-state index contributed by atoms with van der Waals surface area (Å²) in [5.74, 6) is 0.541. The van der Waals surface area contributed by atoms with E-state index in [2.05, 4.69) is 40.7 Å². The van der Waals surface area contributed by atoms with Crippen LogP contribution in [-0.2, 0) is 11.3 Å².